The van der Waals surface area contributed by atoms with Crippen LogP contribution in [0, 0.1) is 17.9 Å². The van der Waals surface area contributed by atoms with Crippen LogP contribution < -0.4 is 9.80 Å². The van der Waals surface area contributed by atoms with Crippen LogP contribution in [0.2, 0.25) is 0 Å². The largest absolute Gasteiger partial charge is 0.311 e. The molecule has 0 atom stereocenters. The molecule has 4 heteroatoms. The molecule has 0 spiro atoms. The topological polar surface area (TPSA) is 34.6 Å². The minimum absolute atomic E-state index is 0.458. The summed E-state index contributed by atoms with van der Waals surface area (Å²) in [7, 11) is 0. The Morgan fingerprint density at radius 1 is 0.414 bits per heavy atom. The molecule has 7 aromatic carbocycles. The van der Waals surface area contributed by atoms with Gasteiger partial charge in [-0.05, 0) is 130 Å². The van der Waals surface area contributed by atoms with E-state index in [-0.39, 0.29) is 0 Å². The Kier molecular flexibility index (Phi) is 12.1. The lowest BCUT2D eigenvalue weighted by Crippen LogP contribution is -2.10. The van der Waals surface area contributed by atoms with E-state index in [0.29, 0.717) is 23.1 Å². The maximum Gasteiger partial charge on any atom is 0.187 e. The van der Waals surface area contributed by atoms with Gasteiger partial charge in [-0.3, -0.25) is 0 Å². The second kappa shape index (κ2) is 18.0. The van der Waals surface area contributed by atoms with Crippen LogP contribution in [-0.2, 0) is 0 Å². The van der Waals surface area contributed by atoms with E-state index in [0.717, 1.165) is 56.4 Å². The molecule has 282 valence electrons. The highest BCUT2D eigenvalue weighted by atomic mass is 15.1. The van der Waals surface area contributed by atoms with Gasteiger partial charge < -0.3 is 9.80 Å². The Bertz CT molecular complexity index is 2380. The van der Waals surface area contributed by atoms with Gasteiger partial charge in [0.2, 0.25) is 0 Å². The first-order valence-electron chi connectivity index (χ1n) is 19.7. The van der Waals surface area contributed by atoms with E-state index in [1.807, 2.05) is 48.5 Å². The van der Waals surface area contributed by atoms with Crippen molar-refractivity contribution in [3.8, 4) is 6.07 Å². The van der Waals surface area contributed by atoms with Crippen molar-refractivity contribution < 1.29 is 0 Å². The third-order valence-corrected chi connectivity index (χ3v) is 10.3. The smallest absolute Gasteiger partial charge is 0.187 e. The highest BCUT2D eigenvalue weighted by Crippen LogP contribution is 2.37. The van der Waals surface area contributed by atoms with Gasteiger partial charge in [0.15, 0.2) is 5.69 Å². The molecule has 0 radical (unpaired) electrons. The average Bonchev–Trinajstić information content (AvgIpc) is 3.27. The van der Waals surface area contributed by atoms with Crippen LogP contribution in [0.3, 0.4) is 0 Å². The first-order valence-corrected chi connectivity index (χ1v) is 19.7. The summed E-state index contributed by atoms with van der Waals surface area (Å²) in [5, 5.41) is 9.35. The molecule has 58 heavy (non-hydrogen) atoms. The number of hydrogen-bond donors (Lipinski definition) is 0. The zero-order chi connectivity index (χ0) is 40.4. The van der Waals surface area contributed by atoms with Gasteiger partial charge in [-0.25, -0.2) is 4.85 Å². The molecule has 0 saturated carbocycles. The molecule has 0 unspecified atom stereocenters. The fourth-order valence-electron chi connectivity index (χ4n) is 6.84. The van der Waals surface area contributed by atoms with Crippen molar-refractivity contribution in [2.75, 3.05) is 9.80 Å². The van der Waals surface area contributed by atoms with Crippen molar-refractivity contribution in [3.05, 3.63) is 220 Å². The Balaban J connectivity index is 1.03. The van der Waals surface area contributed by atoms with E-state index in [1.165, 1.54) is 11.1 Å². The van der Waals surface area contributed by atoms with Gasteiger partial charge >= 0.3 is 0 Å². The molecule has 0 aromatic heterocycles. The monoisotopic (exact) mass is 750 g/mol. The molecule has 0 heterocycles. The highest BCUT2D eigenvalue weighted by molar-refractivity contribution is 5.81. The van der Waals surface area contributed by atoms with Gasteiger partial charge in [-0.15, -0.1) is 0 Å². The molecule has 0 bridgehead atoms. The maximum atomic E-state index is 9.35. The molecular formula is C54H46N4. The van der Waals surface area contributed by atoms with E-state index in [1.54, 1.807) is 0 Å². The van der Waals surface area contributed by atoms with Gasteiger partial charge in [0.1, 0.15) is 0 Å². The maximum absolute atomic E-state index is 9.35. The van der Waals surface area contributed by atoms with Gasteiger partial charge in [0, 0.05) is 34.1 Å². The van der Waals surface area contributed by atoms with Gasteiger partial charge in [0.25, 0.3) is 0 Å². The Morgan fingerprint density at radius 3 is 0.948 bits per heavy atom. The number of rotatable bonds is 12. The first kappa shape index (κ1) is 38.9. The summed E-state index contributed by atoms with van der Waals surface area (Å²) in [4.78, 5) is 8.02. The number of nitrogens with zero attached hydrogens (tertiary/aromatic N) is 4. The minimum atomic E-state index is 0.458. The summed E-state index contributed by atoms with van der Waals surface area (Å²) in [6.45, 7) is 16.2. The SMILES string of the molecule is [C-]#[N+]c1ccc(N(c2ccc(/C=C/c3ccc(/C=C/c4ccc(N(c5ccc(C#N)cc5)c5ccc(C(C)C)cc5)cc4)cc3)cc2)c2ccc(C(C)C)cc2)cc1. The lowest BCUT2D eigenvalue weighted by atomic mass is 10.0. The Morgan fingerprint density at radius 2 is 0.672 bits per heavy atom. The van der Waals surface area contributed by atoms with E-state index in [9.17, 15) is 5.26 Å². The second-order valence-corrected chi connectivity index (χ2v) is 15.0. The van der Waals surface area contributed by atoms with Crippen LogP contribution >= 0.6 is 0 Å². The van der Waals surface area contributed by atoms with Crippen LogP contribution in [0.1, 0.15) is 78.5 Å². The van der Waals surface area contributed by atoms with Gasteiger partial charge in [0.05, 0.1) is 18.2 Å². The predicted octanol–water partition coefficient (Wildman–Crippen LogP) is 15.6. The molecule has 7 rings (SSSR count). The quantitative estimate of drug-likeness (QED) is 0.0921. The molecule has 0 amide bonds. The lowest BCUT2D eigenvalue weighted by Gasteiger charge is -2.26. The minimum Gasteiger partial charge on any atom is -0.311 e. The lowest BCUT2D eigenvalue weighted by molar-refractivity contribution is 0.866. The third kappa shape index (κ3) is 9.34. The van der Waals surface area contributed by atoms with Gasteiger partial charge in [-0.2, -0.15) is 5.26 Å². The molecular weight excluding hydrogens is 705 g/mol. The van der Waals surface area contributed by atoms with Crippen molar-refractivity contribution in [3.63, 3.8) is 0 Å². The highest BCUT2D eigenvalue weighted by Gasteiger charge is 2.15. The summed E-state index contributed by atoms with van der Waals surface area (Å²) in [6.07, 6.45) is 8.56. The Hall–Kier alpha value is -7.40. The van der Waals surface area contributed by atoms with Crippen molar-refractivity contribution in [1.82, 2.24) is 0 Å². The molecule has 7 aromatic rings. The molecule has 0 N–H and O–H groups in total. The Labute approximate surface area is 343 Å². The van der Waals surface area contributed by atoms with Crippen molar-refractivity contribution in [1.29, 1.82) is 5.26 Å². The normalized spacial score (nSPS) is 11.2. The first-order chi connectivity index (χ1) is 28.3. The van der Waals surface area contributed by atoms with Crippen molar-refractivity contribution in [2.24, 2.45) is 0 Å². The predicted molar refractivity (Wildman–Crippen MR) is 246 cm³/mol. The van der Waals surface area contributed by atoms with E-state index >= 15 is 0 Å². The summed E-state index contributed by atoms with van der Waals surface area (Å²) in [5.74, 6) is 0.919. The second-order valence-electron chi connectivity index (χ2n) is 15.0. The summed E-state index contributed by atoms with van der Waals surface area (Å²) >= 11 is 0. The fourth-order valence-corrected chi connectivity index (χ4v) is 6.84. The van der Waals surface area contributed by atoms with Gasteiger partial charge in [-0.1, -0.05) is 137 Å². The number of hydrogen-bond acceptors (Lipinski definition) is 3. The standard InChI is InChI=1S/C54H46N4/c1-39(2)46-20-32-52(33-21-46)57(51-30-18-45(38-55)19-31-51)49-26-14-43(15-27-49)12-10-41-6-8-42(9-7-41)11-13-44-16-28-50(29-17-44)58(54-36-24-48(56-5)25-37-54)53-34-22-47(23-35-53)40(3)4/h6-37,39-40H,1-4H3/b12-10+,13-11+. The van der Waals surface area contributed by atoms with Crippen molar-refractivity contribution >= 4 is 64.1 Å². The summed E-state index contributed by atoms with van der Waals surface area (Å²) in [6, 6.07) is 60.9. The van der Waals surface area contributed by atoms with Crippen LogP contribution in [-0.4, -0.2) is 0 Å². The van der Waals surface area contributed by atoms with E-state index in [2.05, 4.69) is 194 Å². The zero-order valence-corrected chi connectivity index (χ0v) is 33.4. The molecule has 4 nitrogen and oxygen atoms in total. The molecule has 0 aliphatic rings. The third-order valence-electron chi connectivity index (χ3n) is 10.3. The molecule has 0 aliphatic heterocycles. The van der Waals surface area contributed by atoms with E-state index in [4.69, 9.17) is 6.57 Å². The number of benzene rings is 7. The van der Waals surface area contributed by atoms with Crippen molar-refractivity contribution in [2.45, 2.75) is 39.5 Å². The molecule has 0 saturated heterocycles. The zero-order valence-electron chi connectivity index (χ0n) is 33.4. The van der Waals surface area contributed by atoms with Crippen LogP contribution in [0.15, 0.2) is 170 Å². The molecule has 0 aliphatic carbocycles. The van der Waals surface area contributed by atoms with E-state index < -0.39 is 0 Å². The number of anilines is 6. The summed E-state index contributed by atoms with van der Waals surface area (Å²) in [5.41, 5.74) is 14.6. The molecule has 0 fully saturated rings. The average molecular weight is 751 g/mol. The summed E-state index contributed by atoms with van der Waals surface area (Å²) < 4.78 is 0. The van der Waals surface area contributed by atoms with Crippen LogP contribution in [0.4, 0.5) is 39.8 Å². The fraction of sp³-hybridized carbons (Fsp3) is 0.111. The number of nitriles is 1. The van der Waals surface area contributed by atoms with Crippen LogP contribution in [0.5, 0.6) is 0 Å². The van der Waals surface area contributed by atoms with Crippen LogP contribution in [0.25, 0.3) is 29.1 Å².